The number of nitrogens with zero attached hydrogens (tertiary/aromatic N) is 7. The molecule has 3 aromatic rings. The van der Waals surface area contributed by atoms with E-state index in [4.69, 9.17) is 4.99 Å². The number of para-hydroxylation sites is 1. The van der Waals surface area contributed by atoms with E-state index in [2.05, 4.69) is 60.2 Å². The van der Waals surface area contributed by atoms with Crippen molar-refractivity contribution < 1.29 is 0 Å². The number of aliphatic imine (C=N–C) groups is 1. The van der Waals surface area contributed by atoms with Gasteiger partial charge in [-0.1, -0.05) is 24.8 Å². The molecule has 162 valence electrons. The van der Waals surface area contributed by atoms with Crippen molar-refractivity contribution in [3.05, 3.63) is 90.7 Å². The largest absolute Gasteiger partial charge is 0.342 e. The first kappa shape index (κ1) is 20.2. The van der Waals surface area contributed by atoms with Crippen LogP contribution in [0, 0.1) is 6.92 Å². The Morgan fingerprint density at radius 3 is 2.75 bits per heavy atom. The average molecular weight is 426 g/mol. The summed E-state index contributed by atoms with van der Waals surface area (Å²) >= 11 is 0. The number of benzene rings is 1. The third-order valence-corrected chi connectivity index (χ3v) is 6.27. The van der Waals surface area contributed by atoms with Crippen molar-refractivity contribution in [3.8, 4) is 5.69 Å². The maximum Gasteiger partial charge on any atom is 0.206 e. The molecule has 1 fully saturated rings. The monoisotopic (exact) mass is 425 g/mol. The topological polar surface area (TPSA) is 62.4 Å². The molecule has 1 unspecified atom stereocenters. The first-order valence-electron chi connectivity index (χ1n) is 11.0. The predicted octanol–water partition coefficient (Wildman–Crippen LogP) is 4.01. The zero-order valence-corrected chi connectivity index (χ0v) is 18.5. The van der Waals surface area contributed by atoms with Gasteiger partial charge in [0.15, 0.2) is 0 Å². The third kappa shape index (κ3) is 3.70. The van der Waals surface area contributed by atoms with Crippen molar-refractivity contribution in [2.75, 3.05) is 20.1 Å². The Kier molecular flexibility index (Phi) is 5.31. The van der Waals surface area contributed by atoms with E-state index in [-0.39, 0.29) is 0 Å². The van der Waals surface area contributed by atoms with Crippen LogP contribution in [0.3, 0.4) is 0 Å². The Labute approximate surface area is 188 Å². The summed E-state index contributed by atoms with van der Waals surface area (Å²) in [4.78, 5) is 22.3. The fraction of sp³-hybridized carbons (Fsp3) is 0.280. The third-order valence-electron chi connectivity index (χ3n) is 6.27. The molecule has 1 aromatic carbocycles. The number of hydrogen-bond acceptors (Lipinski definition) is 6. The molecule has 0 N–H and O–H groups in total. The van der Waals surface area contributed by atoms with Crippen LogP contribution in [0.2, 0.25) is 0 Å². The maximum absolute atomic E-state index is 4.98. The molecule has 0 aliphatic carbocycles. The Morgan fingerprint density at radius 2 is 1.97 bits per heavy atom. The SMILES string of the molecule is C=C1C=C(c2ccncn2)N=C(N2CCCC(c3ccccc3-n3ccnc3C)C2)N1C. The number of imidazole rings is 1. The molecule has 4 heterocycles. The number of guanidine groups is 1. The van der Waals surface area contributed by atoms with Gasteiger partial charge in [0.1, 0.15) is 12.2 Å². The van der Waals surface area contributed by atoms with E-state index in [0.717, 1.165) is 54.8 Å². The van der Waals surface area contributed by atoms with Gasteiger partial charge in [-0.3, -0.25) is 0 Å². The van der Waals surface area contributed by atoms with Crippen LogP contribution in [0.25, 0.3) is 11.4 Å². The molecule has 0 saturated carbocycles. The molecule has 0 spiro atoms. The molecule has 0 amide bonds. The van der Waals surface area contributed by atoms with Gasteiger partial charge in [-0.2, -0.15) is 0 Å². The lowest BCUT2D eigenvalue weighted by Gasteiger charge is -2.40. The molecule has 0 radical (unpaired) electrons. The van der Waals surface area contributed by atoms with Crippen molar-refractivity contribution >= 4 is 11.7 Å². The molecule has 1 atom stereocenters. The van der Waals surface area contributed by atoms with E-state index < -0.39 is 0 Å². The van der Waals surface area contributed by atoms with E-state index in [1.54, 1.807) is 12.5 Å². The number of rotatable bonds is 3. The molecule has 32 heavy (non-hydrogen) atoms. The van der Waals surface area contributed by atoms with Gasteiger partial charge in [0.25, 0.3) is 0 Å². The van der Waals surface area contributed by atoms with Crippen molar-refractivity contribution in [2.24, 2.45) is 4.99 Å². The molecule has 5 rings (SSSR count). The maximum atomic E-state index is 4.98. The van der Waals surface area contributed by atoms with Gasteiger partial charge in [-0.05, 0) is 43.5 Å². The molecule has 0 bridgehead atoms. The predicted molar refractivity (Wildman–Crippen MR) is 126 cm³/mol. The minimum atomic E-state index is 0.402. The summed E-state index contributed by atoms with van der Waals surface area (Å²) in [5.41, 5.74) is 5.09. The summed E-state index contributed by atoms with van der Waals surface area (Å²) in [5, 5.41) is 0. The van der Waals surface area contributed by atoms with Crippen molar-refractivity contribution in [1.82, 2.24) is 29.3 Å². The lowest BCUT2D eigenvalue weighted by molar-refractivity contribution is 0.284. The highest BCUT2D eigenvalue weighted by atomic mass is 15.4. The summed E-state index contributed by atoms with van der Waals surface area (Å²) in [6.07, 6.45) is 11.4. The number of aryl methyl sites for hydroxylation is 1. The average Bonchev–Trinajstić information content (AvgIpc) is 3.27. The van der Waals surface area contributed by atoms with Crippen LogP contribution >= 0.6 is 0 Å². The first-order valence-corrected chi connectivity index (χ1v) is 11.0. The van der Waals surface area contributed by atoms with Crippen LogP contribution in [-0.2, 0) is 0 Å². The van der Waals surface area contributed by atoms with E-state index in [9.17, 15) is 0 Å². The number of allylic oxidation sites excluding steroid dienone is 1. The van der Waals surface area contributed by atoms with Crippen LogP contribution in [0.1, 0.15) is 35.8 Å². The Bertz CT molecular complexity index is 1190. The van der Waals surface area contributed by atoms with Crippen molar-refractivity contribution in [1.29, 1.82) is 0 Å². The fourth-order valence-electron chi connectivity index (χ4n) is 4.55. The highest BCUT2D eigenvalue weighted by molar-refractivity contribution is 5.90. The molecule has 1 saturated heterocycles. The van der Waals surface area contributed by atoms with Gasteiger partial charge < -0.3 is 14.4 Å². The Balaban J connectivity index is 1.46. The van der Waals surface area contributed by atoms with Crippen LogP contribution in [0.15, 0.2) is 78.6 Å². The summed E-state index contributed by atoms with van der Waals surface area (Å²) in [6, 6.07) is 10.5. The van der Waals surface area contributed by atoms with E-state index in [1.807, 2.05) is 38.5 Å². The number of likely N-dealkylation sites (tertiary alicyclic amines) is 1. The number of aromatic nitrogens is 4. The standard InChI is InChI=1S/C25H27N7/c1-18-15-23(22-10-11-26-17-28-22)29-25(30(18)3)31-13-6-7-20(16-31)21-8-4-5-9-24(21)32-14-12-27-19(32)2/h4-5,8-12,14-15,17,20H,1,6-7,13,16H2,2-3H3. The second kappa shape index (κ2) is 8.42. The molecule has 7 heteroatoms. The van der Waals surface area contributed by atoms with Crippen LogP contribution in [0.5, 0.6) is 0 Å². The summed E-state index contributed by atoms with van der Waals surface area (Å²) in [6.45, 7) is 8.15. The molecule has 7 nitrogen and oxygen atoms in total. The molecule has 2 aliphatic rings. The second-order valence-electron chi connectivity index (χ2n) is 8.27. The second-order valence-corrected chi connectivity index (χ2v) is 8.27. The molecular formula is C25H27N7. The Morgan fingerprint density at radius 1 is 1.09 bits per heavy atom. The Hall–Kier alpha value is -3.74. The van der Waals surface area contributed by atoms with Crippen LogP contribution in [-0.4, -0.2) is 55.4 Å². The minimum Gasteiger partial charge on any atom is -0.342 e. The van der Waals surface area contributed by atoms with Gasteiger partial charge in [0.2, 0.25) is 5.96 Å². The van der Waals surface area contributed by atoms with Crippen molar-refractivity contribution in [2.45, 2.75) is 25.7 Å². The van der Waals surface area contributed by atoms with Gasteiger partial charge in [0.05, 0.1) is 17.1 Å². The highest BCUT2D eigenvalue weighted by Gasteiger charge is 2.29. The van der Waals surface area contributed by atoms with Crippen LogP contribution in [0.4, 0.5) is 0 Å². The molecular weight excluding hydrogens is 398 g/mol. The molecule has 2 aliphatic heterocycles. The lowest BCUT2D eigenvalue weighted by Crippen LogP contribution is -2.47. The van der Waals surface area contributed by atoms with Gasteiger partial charge in [-0.25, -0.2) is 19.9 Å². The highest BCUT2D eigenvalue weighted by Crippen LogP contribution is 2.33. The van der Waals surface area contributed by atoms with Gasteiger partial charge in [-0.15, -0.1) is 0 Å². The zero-order valence-electron chi connectivity index (χ0n) is 18.5. The first-order chi connectivity index (χ1) is 15.6. The number of likely N-dealkylation sites (N-methyl/N-ethyl adjacent to an activating group) is 1. The smallest absolute Gasteiger partial charge is 0.206 e. The van der Waals surface area contributed by atoms with Gasteiger partial charge in [0, 0.05) is 50.3 Å². The summed E-state index contributed by atoms with van der Waals surface area (Å²) < 4.78 is 2.18. The minimum absolute atomic E-state index is 0.402. The van der Waals surface area contributed by atoms with E-state index in [1.165, 1.54) is 11.3 Å². The zero-order chi connectivity index (χ0) is 22.1. The number of piperidine rings is 1. The van der Waals surface area contributed by atoms with Crippen molar-refractivity contribution in [3.63, 3.8) is 0 Å². The van der Waals surface area contributed by atoms with Gasteiger partial charge >= 0.3 is 0 Å². The normalized spacial score (nSPS) is 19.1. The van der Waals surface area contributed by atoms with Crippen LogP contribution < -0.4 is 0 Å². The fourth-order valence-corrected chi connectivity index (χ4v) is 4.55. The quantitative estimate of drug-likeness (QED) is 0.635. The lowest BCUT2D eigenvalue weighted by atomic mass is 9.89. The van der Waals surface area contributed by atoms with E-state index >= 15 is 0 Å². The van der Waals surface area contributed by atoms with E-state index in [0.29, 0.717) is 5.92 Å². The summed E-state index contributed by atoms with van der Waals surface area (Å²) in [7, 11) is 2.03. The summed E-state index contributed by atoms with van der Waals surface area (Å²) in [5.74, 6) is 2.32. The molecule has 2 aromatic heterocycles. The number of hydrogen-bond donors (Lipinski definition) is 0.